The van der Waals surface area contributed by atoms with Gasteiger partial charge >= 0.3 is 5.97 Å². The third-order valence-corrected chi connectivity index (χ3v) is 2.42. The molecule has 0 bridgehead atoms. The van der Waals surface area contributed by atoms with Crippen LogP contribution in [0.5, 0.6) is 5.75 Å². The number of phenols is 1. The van der Waals surface area contributed by atoms with Crippen LogP contribution >= 0.6 is 0 Å². The SMILES string of the molecule is C=CCn1cc(C(=O)O)c2cc(O)ccc21. The molecule has 0 amide bonds. The Morgan fingerprint density at radius 2 is 2.25 bits per heavy atom. The second kappa shape index (κ2) is 3.73. The van der Waals surface area contributed by atoms with E-state index in [2.05, 4.69) is 6.58 Å². The second-order valence-corrected chi connectivity index (χ2v) is 3.49. The van der Waals surface area contributed by atoms with E-state index in [0.717, 1.165) is 5.52 Å². The third kappa shape index (κ3) is 1.54. The molecule has 82 valence electrons. The van der Waals surface area contributed by atoms with Crippen molar-refractivity contribution in [3.05, 3.63) is 42.6 Å². The van der Waals surface area contributed by atoms with Crippen LogP contribution in [0, 0.1) is 0 Å². The first-order valence-electron chi connectivity index (χ1n) is 4.79. The van der Waals surface area contributed by atoms with Crippen molar-refractivity contribution < 1.29 is 15.0 Å². The summed E-state index contributed by atoms with van der Waals surface area (Å²) in [6.45, 7) is 4.15. The molecule has 4 nitrogen and oxygen atoms in total. The minimum atomic E-state index is -1.00. The van der Waals surface area contributed by atoms with Gasteiger partial charge in [-0.3, -0.25) is 0 Å². The Balaban J connectivity index is 2.75. The summed E-state index contributed by atoms with van der Waals surface area (Å²) in [4.78, 5) is 11.0. The number of nitrogens with zero attached hydrogens (tertiary/aromatic N) is 1. The fraction of sp³-hybridized carbons (Fsp3) is 0.0833. The zero-order chi connectivity index (χ0) is 11.7. The number of rotatable bonds is 3. The molecule has 4 heteroatoms. The molecular weight excluding hydrogens is 206 g/mol. The lowest BCUT2D eigenvalue weighted by atomic mass is 10.2. The van der Waals surface area contributed by atoms with Crippen molar-refractivity contribution in [3.8, 4) is 5.75 Å². The van der Waals surface area contributed by atoms with Gasteiger partial charge in [0.1, 0.15) is 5.75 Å². The standard InChI is InChI=1S/C12H11NO3/c1-2-5-13-7-10(12(15)16)9-6-8(14)3-4-11(9)13/h2-4,6-7,14H,1,5H2,(H,15,16). The van der Waals surface area contributed by atoms with Gasteiger partial charge in [-0.2, -0.15) is 0 Å². The Morgan fingerprint density at radius 3 is 2.88 bits per heavy atom. The number of aromatic hydroxyl groups is 1. The minimum absolute atomic E-state index is 0.0614. The van der Waals surface area contributed by atoms with Crippen LogP contribution in [0.1, 0.15) is 10.4 Å². The van der Waals surface area contributed by atoms with Crippen LogP contribution in [-0.2, 0) is 6.54 Å². The van der Waals surface area contributed by atoms with Gasteiger partial charge in [0.15, 0.2) is 0 Å². The molecule has 2 N–H and O–H groups in total. The van der Waals surface area contributed by atoms with E-state index >= 15 is 0 Å². The van der Waals surface area contributed by atoms with Crippen LogP contribution in [0.15, 0.2) is 37.1 Å². The van der Waals surface area contributed by atoms with Gasteiger partial charge in [0, 0.05) is 23.6 Å². The summed E-state index contributed by atoms with van der Waals surface area (Å²) in [5.74, 6) is -0.940. The number of hydrogen-bond acceptors (Lipinski definition) is 2. The topological polar surface area (TPSA) is 62.5 Å². The normalized spacial score (nSPS) is 10.5. The highest BCUT2D eigenvalue weighted by molar-refractivity contribution is 6.03. The molecule has 2 aromatic rings. The molecule has 2 rings (SSSR count). The van der Waals surface area contributed by atoms with Gasteiger partial charge in [-0.25, -0.2) is 4.79 Å². The number of carboxylic acids is 1. The molecule has 0 atom stereocenters. The summed E-state index contributed by atoms with van der Waals surface area (Å²) in [7, 11) is 0. The molecule has 1 heterocycles. The number of carboxylic acid groups (broad SMARTS) is 1. The van der Waals surface area contributed by atoms with Gasteiger partial charge in [0.05, 0.1) is 5.56 Å². The van der Waals surface area contributed by atoms with Crippen LogP contribution < -0.4 is 0 Å². The number of phenolic OH excluding ortho intramolecular Hbond substituents is 1. The van der Waals surface area contributed by atoms with E-state index in [9.17, 15) is 9.90 Å². The number of aromatic nitrogens is 1. The van der Waals surface area contributed by atoms with Gasteiger partial charge < -0.3 is 14.8 Å². The van der Waals surface area contributed by atoms with E-state index in [-0.39, 0.29) is 11.3 Å². The molecule has 0 spiro atoms. The highest BCUT2D eigenvalue weighted by Crippen LogP contribution is 2.25. The maximum atomic E-state index is 11.0. The van der Waals surface area contributed by atoms with E-state index < -0.39 is 5.97 Å². The Kier molecular flexibility index (Phi) is 2.40. The maximum Gasteiger partial charge on any atom is 0.337 e. The average molecular weight is 217 g/mol. The fourth-order valence-corrected chi connectivity index (χ4v) is 1.75. The molecule has 16 heavy (non-hydrogen) atoms. The number of fused-ring (bicyclic) bond motifs is 1. The highest BCUT2D eigenvalue weighted by atomic mass is 16.4. The molecule has 0 saturated carbocycles. The lowest BCUT2D eigenvalue weighted by Gasteiger charge is -2.00. The first-order chi connectivity index (χ1) is 7.63. The van der Waals surface area contributed by atoms with Gasteiger partial charge in [0.2, 0.25) is 0 Å². The number of aromatic carboxylic acids is 1. The van der Waals surface area contributed by atoms with Crippen LogP contribution in [0.25, 0.3) is 10.9 Å². The molecule has 1 aromatic carbocycles. The van der Waals surface area contributed by atoms with Gasteiger partial charge in [-0.15, -0.1) is 6.58 Å². The molecule has 0 radical (unpaired) electrons. The Hall–Kier alpha value is -2.23. The Bertz CT molecular complexity index is 569. The van der Waals surface area contributed by atoms with E-state index in [1.165, 1.54) is 12.1 Å². The van der Waals surface area contributed by atoms with Crippen LogP contribution in [0.3, 0.4) is 0 Å². The van der Waals surface area contributed by atoms with E-state index in [1.54, 1.807) is 22.9 Å². The van der Waals surface area contributed by atoms with Crippen molar-refractivity contribution in [2.24, 2.45) is 0 Å². The Morgan fingerprint density at radius 1 is 1.50 bits per heavy atom. The maximum absolute atomic E-state index is 11.0. The molecule has 0 unspecified atom stereocenters. The monoisotopic (exact) mass is 217 g/mol. The van der Waals surface area contributed by atoms with Crippen molar-refractivity contribution in [2.75, 3.05) is 0 Å². The van der Waals surface area contributed by atoms with Gasteiger partial charge in [0.25, 0.3) is 0 Å². The second-order valence-electron chi connectivity index (χ2n) is 3.49. The van der Waals surface area contributed by atoms with E-state index in [1.807, 2.05) is 0 Å². The van der Waals surface area contributed by atoms with Crippen molar-refractivity contribution in [1.29, 1.82) is 0 Å². The predicted molar refractivity (Wildman–Crippen MR) is 60.8 cm³/mol. The lowest BCUT2D eigenvalue weighted by molar-refractivity contribution is 0.0699. The predicted octanol–water partition coefficient (Wildman–Crippen LogP) is 2.23. The molecule has 0 aliphatic rings. The van der Waals surface area contributed by atoms with Crippen LogP contribution in [-0.4, -0.2) is 20.7 Å². The fourth-order valence-electron chi connectivity index (χ4n) is 1.75. The molecule has 1 aromatic heterocycles. The summed E-state index contributed by atoms with van der Waals surface area (Å²) in [6, 6.07) is 4.69. The third-order valence-electron chi connectivity index (χ3n) is 2.42. The Labute approximate surface area is 92.1 Å². The van der Waals surface area contributed by atoms with Crippen molar-refractivity contribution in [3.63, 3.8) is 0 Å². The van der Waals surface area contributed by atoms with Crippen LogP contribution in [0.2, 0.25) is 0 Å². The molecule has 0 saturated heterocycles. The summed E-state index contributed by atoms with van der Waals surface area (Å²) >= 11 is 0. The summed E-state index contributed by atoms with van der Waals surface area (Å²) in [5.41, 5.74) is 0.961. The highest BCUT2D eigenvalue weighted by Gasteiger charge is 2.13. The summed E-state index contributed by atoms with van der Waals surface area (Å²) in [6.07, 6.45) is 3.24. The molecule has 0 fully saturated rings. The molecule has 0 aliphatic carbocycles. The van der Waals surface area contributed by atoms with Gasteiger partial charge in [-0.05, 0) is 18.2 Å². The van der Waals surface area contributed by atoms with Crippen molar-refractivity contribution in [2.45, 2.75) is 6.54 Å². The lowest BCUT2D eigenvalue weighted by Crippen LogP contribution is -1.95. The zero-order valence-corrected chi connectivity index (χ0v) is 8.55. The summed E-state index contributed by atoms with van der Waals surface area (Å²) < 4.78 is 1.78. The number of carbonyl (C=O) groups is 1. The van der Waals surface area contributed by atoms with Gasteiger partial charge in [-0.1, -0.05) is 6.08 Å². The average Bonchev–Trinajstić information content (AvgIpc) is 2.57. The largest absolute Gasteiger partial charge is 0.508 e. The molecular formula is C12H11NO3. The minimum Gasteiger partial charge on any atom is -0.508 e. The summed E-state index contributed by atoms with van der Waals surface area (Å²) in [5, 5.41) is 18.9. The quantitative estimate of drug-likeness (QED) is 0.775. The zero-order valence-electron chi connectivity index (χ0n) is 8.55. The first kappa shape index (κ1) is 10.3. The number of benzene rings is 1. The van der Waals surface area contributed by atoms with E-state index in [4.69, 9.17) is 5.11 Å². The van der Waals surface area contributed by atoms with Crippen LogP contribution in [0.4, 0.5) is 0 Å². The molecule has 0 aliphatic heterocycles. The smallest absolute Gasteiger partial charge is 0.337 e. The number of hydrogen-bond donors (Lipinski definition) is 2. The van der Waals surface area contributed by atoms with Crippen molar-refractivity contribution in [1.82, 2.24) is 4.57 Å². The number of allylic oxidation sites excluding steroid dienone is 1. The van der Waals surface area contributed by atoms with E-state index in [0.29, 0.717) is 11.9 Å². The first-order valence-corrected chi connectivity index (χ1v) is 4.79. The van der Waals surface area contributed by atoms with Crippen molar-refractivity contribution >= 4 is 16.9 Å².